The van der Waals surface area contributed by atoms with Crippen LogP contribution in [0.5, 0.6) is 0 Å². The first kappa shape index (κ1) is 22.6. The van der Waals surface area contributed by atoms with Crippen molar-refractivity contribution in [2.75, 3.05) is 18.4 Å². The quantitative estimate of drug-likeness (QED) is 0.499. The Morgan fingerprint density at radius 1 is 1.08 bits per heavy atom. The highest BCUT2D eigenvalue weighted by molar-refractivity contribution is 7.89. The van der Waals surface area contributed by atoms with Gasteiger partial charge < -0.3 is 16.4 Å². The summed E-state index contributed by atoms with van der Waals surface area (Å²) in [6.07, 6.45) is 0. The third-order valence-corrected chi connectivity index (χ3v) is 5.20. The van der Waals surface area contributed by atoms with Gasteiger partial charge in [-0.3, -0.25) is 0 Å². The van der Waals surface area contributed by atoms with E-state index in [1.54, 1.807) is 12.1 Å². The number of rotatable bonds is 7. The summed E-state index contributed by atoms with van der Waals surface area (Å²) in [6.45, 7) is 0.992. The summed E-state index contributed by atoms with van der Waals surface area (Å²) >= 11 is 11.1. The van der Waals surface area contributed by atoms with Crippen LogP contribution in [0, 0.1) is 0 Å². The van der Waals surface area contributed by atoms with E-state index in [4.69, 9.17) is 29.6 Å². The van der Waals surface area contributed by atoms with Crippen LogP contribution in [0.25, 0.3) is 0 Å². The van der Waals surface area contributed by atoms with E-state index < -0.39 is 10.0 Å². The molecule has 0 bridgehead atoms. The van der Waals surface area contributed by atoms with Crippen LogP contribution in [0.1, 0.15) is 5.56 Å². The molecule has 2 rings (SSSR count). The van der Waals surface area contributed by atoms with Crippen molar-refractivity contribution in [3.05, 3.63) is 59.1 Å². The van der Waals surface area contributed by atoms with E-state index in [2.05, 4.69) is 15.4 Å². The molecule has 10 heteroatoms. The predicted molar refractivity (Wildman–Crippen MR) is 112 cm³/mol. The molecule has 0 fully saturated rings. The van der Waals surface area contributed by atoms with Gasteiger partial charge in [0.1, 0.15) is 0 Å². The number of nitrogens with one attached hydrogen (secondary N) is 3. The van der Waals surface area contributed by atoms with Crippen LogP contribution in [0.3, 0.4) is 0 Å². The Kier molecular flexibility index (Phi) is 9.28. The van der Waals surface area contributed by atoms with E-state index in [0.29, 0.717) is 22.4 Å². The van der Waals surface area contributed by atoms with Gasteiger partial charge in [-0.1, -0.05) is 23.7 Å². The Morgan fingerprint density at radius 3 is 2.27 bits per heavy atom. The smallest absolute Gasteiger partial charge is 0.240 e. The standard InChI is InChI=1S/C16H19ClN4O2S2.ClH/c17-13-3-1-12(2-4-13)11-19-16(24)21-14-5-7-15(8-6-14)25(22,23)20-10-9-18;/h1-8,20H,9-11,18H2,(H2,19,21,24);1H. The SMILES string of the molecule is Cl.NCCNS(=O)(=O)c1ccc(NC(=S)NCc2ccc(Cl)cc2)cc1. The molecule has 142 valence electrons. The Bertz CT molecular complexity index is 813. The summed E-state index contributed by atoms with van der Waals surface area (Å²) in [5.74, 6) is 0. The lowest BCUT2D eigenvalue weighted by atomic mass is 10.2. The Labute approximate surface area is 170 Å². The first-order valence-corrected chi connectivity index (χ1v) is 9.77. The first-order valence-electron chi connectivity index (χ1n) is 7.50. The molecule has 0 aliphatic carbocycles. The van der Waals surface area contributed by atoms with Gasteiger partial charge in [-0.05, 0) is 54.2 Å². The minimum Gasteiger partial charge on any atom is -0.358 e. The van der Waals surface area contributed by atoms with Crippen molar-refractivity contribution < 1.29 is 8.42 Å². The number of benzene rings is 2. The molecule has 0 radical (unpaired) electrons. The van der Waals surface area contributed by atoms with Crippen molar-refractivity contribution in [2.24, 2.45) is 5.73 Å². The summed E-state index contributed by atoms with van der Waals surface area (Å²) in [5.41, 5.74) is 7.03. The zero-order valence-electron chi connectivity index (χ0n) is 13.7. The molecule has 6 nitrogen and oxygen atoms in total. The number of sulfonamides is 1. The molecule has 0 amide bonds. The summed E-state index contributed by atoms with van der Waals surface area (Å²) in [5, 5.41) is 7.19. The molecule has 0 heterocycles. The Balaban J connectivity index is 0.00000338. The Morgan fingerprint density at radius 2 is 1.69 bits per heavy atom. The fourth-order valence-corrected chi connectivity index (χ4v) is 3.32. The lowest BCUT2D eigenvalue weighted by Crippen LogP contribution is -2.29. The van der Waals surface area contributed by atoms with Gasteiger partial charge in [-0.15, -0.1) is 12.4 Å². The van der Waals surface area contributed by atoms with E-state index in [1.807, 2.05) is 24.3 Å². The molecule has 5 N–H and O–H groups in total. The second-order valence-corrected chi connectivity index (χ2v) is 7.76. The zero-order chi connectivity index (χ0) is 18.3. The molecule has 0 aliphatic rings. The largest absolute Gasteiger partial charge is 0.358 e. The van der Waals surface area contributed by atoms with Crippen LogP contribution >= 0.6 is 36.2 Å². The zero-order valence-corrected chi connectivity index (χ0v) is 16.9. The molecule has 2 aromatic carbocycles. The van der Waals surface area contributed by atoms with Crippen LogP contribution in [0.2, 0.25) is 5.02 Å². The van der Waals surface area contributed by atoms with Gasteiger partial charge in [0, 0.05) is 30.3 Å². The predicted octanol–water partition coefficient (Wildman–Crippen LogP) is 2.49. The van der Waals surface area contributed by atoms with Gasteiger partial charge >= 0.3 is 0 Å². The highest BCUT2D eigenvalue weighted by Gasteiger charge is 2.12. The van der Waals surface area contributed by atoms with Gasteiger partial charge in [0.25, 0.3) is 0 Å². The maximum absolute atomic E-state index is 12.0. The minimum absolute atomic E-state index is 0. The van der Waals surface area contributed by atoms with Crippen LogP contribution in [-0.4, -0.2) is 26.6 Å². The van der Waals surface area contributed by atoms with Crippen LogP contribution < -0.4 is 21.1 Å². The number of hydrogen-bond donors (Lipinski definition) is 4. The maximum atomic E-state index is 12.0. The second-order valence-electron chi connectivity index (χ2n) is 5.14. The van der Waals surface area contributed by atoms with Crippen molar-refractivity contribution in [1.82, 2.24) is 10.0 Å². The highest BCUT2D eigenvalue weighted by atomic mass is 35.5. The van der Waals surface area contributed by atoms with Crippen molar-refractivity contribution in [2.45, 2.75) is 11.4 Å². The summed E-state index contributed by atoms with van der Waals surface area (Å²) < 4.78 is 26.4. The van der Waals surface area contributed by atoms with Crippen molar-refractivity contribution in [1.29, 1.82) is 0 Å². The van der Waals surface area contributed by atoms with Crippen molar-refractivity contribution >= 4 is 57.0 Å². The molecule has 0 saturated heterocycles. The number of anilines is 1. The van der Waals surface area contributed by atoms with Crippen molar-refractivity contribution in [3.63, 3.8) is 0 Å². The first-order chi connectivity index (χ1) is 11.9. The Hall–Kier alpha value is -1.42. The molecule has 0 spiro atoms. The van der Waals surface area contributed by atoms with Gasteiger partial charge in [0.05, 0.1) is 4.90 Å². The molecule has 0 aliphatic heterocycles. The summed E-state index contributed by atoms with van der Waals surface area (Å²) in [4.78, 5) is 0.173. The third kappa shape index (κ3) is 7.06. The van der Waals surface area contributed by atoms with E-state index >= 15 is 0 Å². The number of halogens is 2. The number of thiocarbonyl (C=S) groups is 1. The fraction of sp³-hybridized carbons (Fsp3) is 0.188. The van der Waals surface area contributed by atoms with E-state index in [-0.39, 0.29) is 30.4 Å². The summed E-state index contributed by atoms with van der Waals surface area (Å²) in [7, 11) is -3.53. The third-order valence-electron chi connectivity index (χ3n) is 3.23. The monoisotopic (exact) mass is 434 g/mol. The average Bonchev–Trinajstić information content (AvgIpc) is 2.60. The minimum atomic E-state index is -3.53. The van der Waals surface area contributed by atoms with Gasteiger partial charge in [0.15, 0.2) is 5.11 Å². The summed E-state index contributed by atoms with van der Waals surface area (Å²) in [6, 6.07) is 13.7. The fourth-order valence-electron chi connectivity index (χ4n) is 1.95. The van der Waals surface area contributed by atoms with Gasteiger partial charge in [-0.2, -0.15) is 0 Å². The maximum Gasteiger partial charge on any atom is 0.240 e. The molecule has 0 unspecified atom stereocenters. The molecule has 26 heavy (non-hydrogen) atoms. The average molecular weight is 435 g/mol. The normalized spacial score (nSPS) is 10.7. The van der Waals surface area contributed by atoms with Crippen LogP contribution in [0.4, 0.5) is 5.69 Å². The number of hydrogen-bond acceptors (Lipinski definition) is 4. The highest BCUT2D eigenvalue weighted by Crippen LogP contribution is 2.14. The van der Waals surface area contributed by atoms with Gasteiger partial charge in [-0.25, -0.2) is 13.1 Å². The molecular weight excluding hydrogens is 415 g/mol. The molecule has 0 aromatic heterocycles. The molecule has 0 saturated carbocycles. The topological polar surface area (TPSA) is 96.2 Å². The van der Waals surface area contributed by atoms with Crippen LogP contribution in [0.15, 0.2) is 53.4 Å². The molecule has 2 aromatic rings. The van der Waals surface area contributed by atoms with Gasteiger partial charge in [0.2, 0.25) is 10.0 Å². The van der Waals surface area contributed by atoms with E-state index in [9.17, 15) is 8.42 Å². The number of nitrogens with two attached hydrogens (primary N) is 1. The lowest BCUT2D eigenvalue weighted by molar-refractivity contribution is 0.582. The van der Waals surface area contributed by atoms with E-state index in [1.165, 1.54) is 12.1 Å². The van der Waals surface area contributed by atoms with E-state index in [0.717, 1.165) is 5.56 Å². The van der Waals surface area contributed by atoms with Crippen molar-refractivity contribution in [3.8, 4) is 0 Å². The molecular formula is C16H20Cl2N4O2S2. The van der Waals surface area contributed by atoms with Crippen LogP contribution in [-0.2, 0) is 16.6 Å². The molecule has 0 atom stereocenters. The second kappa shape index (κ2) is 10.7. The lowest BCUT2D eigenvalue weighted by Gasteiger charge is -2.11.